The summed E-state index contributed by atoms with van der Waals surface area (Å²) in [5.41, 5.74) is 3.12. The summed E-state index contributed by atoms with van der Waals surface area (Å²) in [6.45, 7) is 3.27. The highest BCUT2D eigenvalue weighted by Gasteiger charge is 2.23. The fourth-order valence-electron chi connectivity index (χ4n) is 3.80. The van der Waals surface area contributed by atoms with Gasteiger partial charge in [0.25, 0.3) is 0 Å². The van der Waals surface area contributed by atoms with Gasteiger partial charge in [-0.1, -0.05) is 25.7 Å². The van der Waals surface area contributed by atoms with E-state index in [0.717, 1.165) is 25.6 Å². The molecule has 110 valence electrons. The summed E-state index contributed by atoms with van der Waals surface area (Å²) in [6.07, 6.45) is 11.5. The van der Waals surface area contributed by atoms with Crippen LogP contribution in [0.4, 0.5) is 5.82 Å². The van der Waals surface area contributed by atoms with Gasteiger partial charge in [0.05, 0.1) is 0 Å². The Morgan fingerprint density at radius 1 is 1.30 bits per heavy atom. The van der Waals surface area contributed by atoms with Gasteiger partial charge in [-0.15, -0.1) is 0 Å². The molecule has 0 saturated heterocycles. The summed E-state index contributed by atoms with van der Waals surface area (Å²) >= 11 is 0. The van der Waals surface area contributed by atoms with Gasteiger partial charge in [-0.3, -0.25) is 0 Å². The first-order valence-electron chi connectivity index (χ1n) is 8.25. The third kappa shape index (κ3) is 2.98. The van der Waals surface area contributed by atoms with Gasteiger partial charge in [0.1, 0.15) is 5.82 Å². The highest BCUT2D eigenvalue weighted by molar-refractivity contribution is 5.52. The lowest BCUT2D eigenvalue weighted by Crippen LogP contribution is -2.36. The standard InChI is InChI=1S/C17H27N3/c1-18-10-12-20-11-4-7-16-15(8-9-19-17(16)20)13-14-5-2-3-6-14/h8-9,14,18H,2-7,10-13H2,1H3. The minimum Gasteiger partial charge on any atom is -0.355 e. The van der Waals surface area contributed by atoms with E-state index in [2.05, 4.69) is 21.3 Å². The largest absolute Gasteiger partial charge is 0.355 e. The van der Waals surface area contributed by atoms with E-state index in [1.807, 2.05) is 13.2 Å². The zero-order valence-electron chi connectivity index (χ0n) is 12.7. The van der Waals surface area contributed by atoms with E-state index >= 15 is 0 Å². The molecule has 3 heteroatoms. The molecule has 0 aromatic carbocycles. The maximum absolute atomic E-state index is 4.69. The normalized spacial score (nSPS) is 19.4. The van der Waals surface area contributed by atoms with Crippen LogP contribution in [-0.4, -0.2) is 31.7 Å². The molecule has 0 spiro atoms. The van der Waals surface area contributed by atoms with Crippen molar-refractivity contribution in [2.75, 3.05) is 31.6 Å². The Bertz CT molecular complexity index is 438. The first-order valence-corrected chi connectivity index (χ1v) is 8.25. The highest BCUT2D eigenvalue weighted by Crippen LogP contribution is 2.33. The Kier molecular flexibility index (Phi) is 4.56. The molecule has 1 N–H and O–H groups in total. The third-order valence-corrected chi connectivity index (χ3v) is 4.90. The van der Waals surface area contributed by atoms with E-state index in [0.29, 0.717) is 0 Å². The number of nitrogens with zero attached hydrogens (tertiary/aromatic N) is 2. The maximum Gasteiger partial charge on any atom is 0.132 e. The molecule has 3 rings (SSSR count). The fraction of sp³-hybridized carbons (Fsp3) is 0.706. The van der Waals surface area contributed by atoms with E-state index < -0.39 is 0 Å². The van der Waals surface area contributed by atoms with Crippen molar-refractivity contribution < 1.29 is 0 Å². The van der Waals surface area contributed by atoms with Crippen molar-refractivity contribution in [2.24, 2.45) is 5.92 Å². The average molecular weight is 273 g/mol. The Labute approximate surface area is 122 Å². The van der Waals surface area contributed by atoms with Crippen LogP contribution in [0.25, 0.3) is 0 Å². The molecule has 0 radical (unpaired) electrons. The molecule has 1 aliphatic heterocycles. The molecule has 2 heterocycles. The van der Waals surface area contributed by atoms with Gasteiger partial charge in [0.15, 0.2) is 0 Å². The minimum absolute atomic E-state index is 0.925. The van der Waals surface area contributed by atoms with E-state index in [1.54, 1.807) is 11.1 Å². The summed E-state index contributed by atoms with van der Waals surface area (Å²) in [5.74, 6) is 2.19. The number of fused-ring (bicyclic) bond motifs is 1. The molecule has 0 atom stereocenters. The van der Waals surface area contributed by atoms with Gasteiger partial charge in [0.2, 0.25) is 0 Å². The third-order valence-electron chi connectivity index (χ3n) is 4.90. The van der Waals surface area contributed by atoms with Crippen LogP contribution >= 0.6 is 0 Å². The zero-order chi connectivity index (χ0) is 13.8. The van der Waals surface area contributed by atoms with Gasteiger partial charge < -0.3 is 10.2 Å². The van der Waals surface area contributed by atoms with Gasteiger partial charge in [-0.05, 0) is 49.4 Å². The van der Waals surface area contributed by atoms with Crippen molar-refractivity contribution in [3.63, 3.8) is 0 Å². The van der Waals surface area contributed by atoms with Crippen molar-refractivity contribution in [1.29, 1.82) is 0 Å². The lowest BCUT2D eigenvalue weighted by Gasteiger charge is -2.31. The zero-order valence-corrected chi connectivity index (χ0v) is 12.7. The van der Waals surface area contributed by atoms with Gasteiger partial charge >= 0.3 is 0 Å². The molecule has 1 fully saturated rings. The topological polar surface area (TPSA) is 28.2 Å². The lowest BCUT2D eigenvalue weighted by atomic mass is 9.92. The van der Waals surface area contributed by atoms with E-state index in [9.17, 15) is 0 Å². The number of aromatic nitrogens is 1. The molecule has 1 aromatic heterocycles. The van der Waals surface area contributed by atoms with E-state index in [-0.39, 0.29) is 0 Å². The summed E-state index contributed by atoms with van der Waals surface area (Å²) in [4.78, 5) is 7.15. The molecule has 1 aliphatic carbocycles. The summed E-state index contributed by atoms with van der Waals surface area (Å²) in [5, 5.41) is 3.25. The number of hydrogen-bond acceptors (Lipinski definition) is 3. The number of likely N-dealkylation sites (N-methyl/N-ethyl adjacent to an activating group) is 1. The summed E-state index contributed by atoms with van der Waals surface area (Å²) in [7, 11) is 2.02. The molecule has 0 bridgehead atoms. The van der Waals surface area contributed by atoms with E-state index in [4.69, 9.17) is 0 Å². The molecule has 1 saturated carbocycles. The summed E-state index contributed by atoms with van der Waals surface area (Å²) in [6, 6.07) is 2.28. The number of hydrogen-bond donors (Lipinski definition) is 1. The second-order valence-corrected chi connectivity index (χ2v) is 6.32. The van der Waals surface area contributed by atoms with E-state index in [1.165, 1.54) is 50.8 Å². The Balaban J connectivity index is 1.78. The molecule has 1 aromatic rings. The predicted octanol–water partition coefficient (Wildman–Crippen LogP) is 2.79. The predicted molar refractivity (Wildman–Crippen MR) is 84.4 cm³/mol. The molecular formula is C17H27N3. The fourth-order valence-corrected chi connectivity index (χ4v) is 3.80. The van der Waals surface area contributed by atoms with Crippen LogP contribution in [0.5, 0.6) is 0 Å². The second kappa shape index (κ2) is 6.57. The molecule has 2 aliphatic rings. The van der Waals surface area contributed by atoms with Crippen molar-refractivity contribution >= 4 is 5.82 Å². The van der Waals surface area contributed by atoms with Crippen LogP contribution in [-0.2, 0) is 12.8 Å². The van der Waals surface area contributed by atoms with Crippen molar-refractivity contribution in [3.05, 3.63) is 23.4 Å². The highest BCUT2D eigenvalue weighted by atomic mass is 15.2. The first kappa shape index (κ1) is 13.9. The smallest absolute Gasteiger partial charge is 0.132 e. The first-order chi connectivity index (χ1) is 9.88. The van der Waals surface area contributed by atoms with Crippen molar-refractivity contribution in [3.8, 4) is 0 Å². The van der Waals surface area contributed by atoms with Crippen LogP contribution < -0.4 is 10.2 Å². The maximum atomic E-state index is 4.69. The van der Waals surface area contributed by atoms with Gasteiger partial charge in [-0.2, -0.15) is 0 Å². The molecule has 20 heavy (non-hydrogen) atoms. The number of pyridine rings is 1. The van der Waals surface area contributed by atoms with Crippen molar-refractivity contribution in [2.45, 2.75) is 44.9 Å². The van der Waals surface area contributed by atoms with Crippen LogP contribution in [0.1, 0.15) is 43.2 Å². The monoisotopic (exact) mass is 273 g/mol. The van der Waals surface area contributed by atoms with Crippen LogP contribution in [0.2, 0.25) is 0 Å². The molecular weight excluding hydrogens is 246 g/mol. The van der Waals surface area contributed by atoms with Crippen LogP contribution in [0, 0.1) is 5.92 Å². The Hall–Kier alpha value is -1.09. The second-order valence-electron chi connectivity index (χ2n) is 6.32. The van der Waals surface area contributed by atoms with Crippen molar-refractivity contribution in [1.82, 2.24) is 10.3 Å². The molecule has 0 amide bonds. The number of nitrogens with one attached hydrogen (secondary N) is 1. The SMILES string of the molecule is CNCCN1CCCc2c(CC3CCCC3)ccnc21. The van der Waals surface area contributed by atoms with Crippen LogP contribution in [0.3, 0.4) is 0 Å². The summed E-state index contributed by atoms with van der Waals surface area (Å²) < 4.78 is 0. The Morgan fingerprint density at radius 2 is 2.15 bits per heavy atom. The molecule has 3 nitrogen and oxygen atoms in total. The number of rotatable bonds is 5. The van der Waals surface area contributed by atoms with Gasteiger partial charge in [-0.25, -0.2) is 4.98 Å². The quantitative estimate of drug-likeness (QED) is 0.894. The minimum atomic E-state index is 0.925. The van der Waals surface area contributed by atoms with Crippen LogP contribution in [0.15, 0.2) is 12.3 Å². The van der Waals surface area contributed by atoms with Gasteiger partial charge in [0, 0.05) is 25.8 Å². The Morgan fingerprint density at radius 3 is 2.95 bits per heavy atom. The lowest BCUT2D eigenvalue weighted by molar-refractivity contribution is 0.540. The molecule has 0 unspecified atom stereocenters. The number of anilines is 1. The average Bonchev–Trinajstić information content (AvgIpc) is 2.98.